The second-order valence-electron chi connectivity index (χ2n) is 2.03. The number of aryl methyl sites for hydroxylation is 1. The summed E-state index contributed by atoms with van der Waals surface area (Å²) in [5.41, 5.74) is 0. The first-order valence-electron chi connectivity index (χ1n) is 2.99. The summed E-state index contributed by atoms with van der Waals surface area (Å²) in [6, 6.07) is 1.79. The van der Waals surface area contributed by atoms with E-state index in [1.807, 2.05) is 6.92 Å². The van der Waals surface area contributed by atoms with E-state index in [2.05, 4.69) is 0 Å². The van der Waals surface area contributed by atoms with Gasteiger partial charge < -0.3 is 4.74 Å². The van der Waals surface area contributed by atoms with Gasteiger partial charge in [-0.15, -0.1) is 11.3 Å². The molecule has 1 aromatic rings. The summed E-state index contributed by atoms with van der Waals surface area (Å²) in [5, 5.41) is -0.458. The molecule has 60 valence electrons. The van der Waals surface area contributed by atoms with E-state index < -0.39 is 5.24 Å². The molecule has 0 unspecified atom stereocenters. The van der Waals surface area contributed by atoms with Crippen LogP contribution in [0.1, 0.15) is 14.5 Å². The van der Waals surface area contributed by atoms with Crippen LogP contribution in [0.4, 0.5) is 0 Å². The van der Waals surface area contributed by atoms with Gasteiger partial charge in [0.1, 0.15) is 10.6 Å². The molecule has 0 N–H and O–H groups in total. The molecule has 1 rings (SSSR count). The van der Waals surface area contributed by atoms with Crippen LogP contribution in [0.25, 0.3) is 0 Å². The summed E-state index contributed by atoms with van der Waals surface area (Å²) >= 11 is 6.63. The third-order valence-electron chi connectivity index (χ3n) is 1.22. The first-order chi connectivity index (χ1) is 5.15. The molecule has 0 aromatic carbocycles. The van der Waals surface area contributed by atoms with Crippen molar-refractivity contribution in [3.05, 3.63) is 15.8 Å². The quantitative estimate of drug-likeness (QED) is 0.670. The largest absolute Gasteiger partial charge is 0.495 e. The molecular weight excluding hydrogens is 184 g/mol. The van der Waals surface area contributed by atoms with Gasteiger partial charge in [-0.25, -0.2) is 0 Å². The van der Waals surface area contributed by atoms with E-state index >= 15 is 0 Å². The Labute approximate surface area is 73.7 Å². The zero-order chi connectivity index (χ0) is 8.43. The van der Waals surface area contributed by atoms with Crippen molar-refractivity contribution in [1.29, 1.82) is 0 Å². The van der Waals surface area contributed by atoms with Crippen molar-refractivity contribution in [2.45, 2.75) is 6.92 Å². The van der Waals surface area contributed by atoms with Crippen LogP contribution in [0, 0.1) is 6.92 Å². The highest BCUT2D eigenvalue weighted by molar-refractivity contribution is 7.16. The van der Waals surface area contributed by atoms with Gasteiger partial charge in [0.15, 0.2) is 0 Å². The summed E-state index contributed by atoms with van der Waals surface area (Å²) in [5.74, 6) is 0.563. The Kier molecular flexibility index (Phi) is 2.52. The van der Waals surface area contributed by atoms with Crippen molar-refractivity contribution < 1.29 is 9.53 Å². The van der Waals surface area contributed by atoms with Gasteiger partial charge in [-0.05, 0) is 24.6 Å². The molecule has 0 amide bonds. The van der Waals surface area contributed by atoms with E-state index in [-0.39, 0.29) is 0 Å². The highest BCUT2D eigenvalue weighted by Crippen LogP contribution is 2.29. The molecule has 2 nitrogen and oxygen atoms in total. The fourth-order valence-electron chi connectivity index (χ4n) is 0.780. The fourth-order valence-corrected chi connectivity index (χ4v) is 1.80. The number of methoxy groups -OCH3 is 1. The van der Waals surface area contributed by atoms with Crippen molar-refractivity contribution in [1.82, 2.24) is 0 Å². The average Bonchev–Trinajstić information content (AvgIpc) is 2.30. The second kappa shape index (κ2) is 3.24. The van der Waals surface area contributed by atoms with Crippen LogP contribution < -0.4 is 4.74 Å². The Morgan fingerprint density at radius 3 is 2.73 bits per heavy atom. The summed E-state index contributed by atoms with van der Waals surface area (Å²) in [7, 11) is 1.52. The van der Waals surface area contributed by atoms with Gasteiger partial charge in [-0.1, -0.05) is 0 Å². The Hall–Kier alpha value is -0.540. The summed E-state index contributed by atoms with van der Waals surface area (Å²) < 4.78 is 4.93. The molecule has 0 fully saturated rings. The number of ether oxygens (including phenoxy) is 1. The van der Waals surface area contributed by atoms with Gasteiger partial charge in [0.05, 0.1) is 7.11 Å². The zero-order valence-corrected chi connectivity index (χ0v) is 7.75. The van der Waals surface area contributed by atoms with Crippen molar-refractivity contribution in [2.75, 3.05) is 7.11 Å². The topological polar surface area (TPSA) is 26.3 Å². The third-order valence-corrected chi connectivity index (χ3v) is 2.55. The summed E-state index contributed by atoms with van der Waals surface area (Å²) in [6.07, 6.45) is 0. The number of carbonyl (C=O) groups excluding carboxylic acids is 1. The van der Waals surface area contributed by atoms with Crippen LogP contribution in [0.15, 0.2) is 6.07 Å². The Morgan fingerprint density at radius 1 is 1.73 bits per heavy atom. The molecule has 1 heterocycles. The van der Waals surface area contributed by atoms with Gasteiger partial charge in [0.25, 0.3) is 5.24 Å². The molecule has 0 saturated carbocycles. The van der Waals surface area contributed by atoms with Crippen LogP contribution in [0.2, 0.25) is 0 Å². The number of hydrogen-bond acceptors (Lipinski definition) is 3. The van der Waals surface area contributed by atoms with E-state index in [4.69, 9.17) is 16.3 Å². The number of carbonyl (C=O) groups is 1. The Balaban J connectivity index is 3.12. The van der Waals surface area contributed by atoms with Crippen molar-refractivity contribution in [3.63, 3.8) is 0 Å². The molecule has 0 bridgehead atoms. The number of hydrogen-bond donors (Lipinski definition) is 0. The molecule has 11 heavy (non-hydrogen) atoms. The maximum atomic E-state index is 10.7. The lowest BCUT2D eigenvalue weighted by molar-refractivity contribution is 0.108. The van der Waals surface area contributed by atoms with E-state index in [0.717, 1.165) is 4.88 Å². The third kappa shape index (κ3) is 1.73. The van der Waals surface area contributed by atoms with E-state index in [9.17, 15) is 4.79 Å². The maximum absolute atomic E-state index is 10.7. The molecule has 0 radical (unpaired) electrons. The van der Waals surface area contributed by atoms with E-state index in [1.54, 1.807) is 6.07 Å². The maximum Gasteiger partial charge on any atom is 0.266 e. The summed E-state index contributed by atoms with van der Waals surface area (Å²) in [6.45, 7) is 1.90. The first kappa shape index (κ1) is 8.56. The van der Waals surface area contributed by atoms with Crippen molar-refractivity contribution in [2.24, 2.45) is 0 Å². The summed E-state index contributed by atoms with van der Waals surface area (Å²) in [4.78, 5) is 12.2. The lowest BCUT2D eigenvalue weighted by Gasteiger charge is -1.94. The normalized spacial score (nSPS) is 9.73. The minimum atomic E-state index is -0.458. The molecule has 0 aliphatic carbocycles. The van der Waals surface area contributed by atoms with Crippen LogP contribution >= 0.6 is 22.9 Å². The molecule has 0 aliphatic rings. The second-order valence-corrected chi connectivity index (χ2v) is 3.63. The van der Waals surface area contributed by atoms with Gasteiger partial charge in [0.2, 0.25) is 0 Å². The number of rotatable bonds is 2. The van der Waals surface area contributed by atoms with Gasteiger partial charge >= 0.3 is 0 Å². The van der Waals surface area contributed by atoms with Gasteiger partial charge in [-0.2, -0.15) is 0 Å². The van der Waals surface area contributed by atoms with Crippen LogP contribution in [-0.4, -0.2) is 12.4 Å². The zero-order valence-electron chi connectivity index (χ0n) is 6.18. The molecule has 0 saturated heterocycles. The predicted molar refractivity (Wildman–Crippen MR) is 45.8 cm³/mol. The van der Waals surface area contributed by atoms with Crippen molar-refractivity contribution in [3.8, 4) is 5.75 Å². The molecule has 0 aliphatic heterocycles. The molecule has 4 heteroatoms. The number of halogens is 1. The fraction of sp³-hybridized carbons (Fsp3) is 0.286. The lowest BCUT2D eigenvalue weighted by Crippen LogP contribution is -1.88. The van der Waals surface area contributed by atoms with E-state index in [1.165, 1.54) is 18.4 Å². The van der Waals surface area contributed by atoms with Crippen LogP contribution in [0.5, 0.6) is 5.75 Å². The minimum absolute atomic E-state index is 0.458. The highest BCUT2D eigenvalue weighted by atomic mass is 35.5. The first-order valence-corrected chi connectivity index (χ1v) is 4.19. The Morgan fingerprint density at radius 2 is 2.36 bits per heavy atom. The molecule has 1 aromatic heterocycles. The van der Waals surface area contributed by atoms with Crippen molar-refractivity contribution >= 4 is 28.2 Å². The number of thiophene rings is 1. The van der Waals surface area contributed by atoms with Crippen LogP contribution in [0.3, 0.4) is 0 Å². The lowest BCUT2D eigenvalue weighted by atomic mass is 10.4. The minimum Gasteiger partial charge on any atom is -0.495 e. The average molecular weight is 191 g/mol. The molecule has 0 spiro atoms. The van der Waals surface area contributed by atoms with Gasteiger partial charge in [0, 0.05) is 4.88 Å². The molecule has 0 atom stereocenters. The van der Waals surface area contributed by atoms with E-state index in [0.29, 0.717) is 10.6 Å². The van der Waals surface area contributed by atoms with Crippen LogP contribution in [-0.2, 0) is 0 Å². The predicted octanol–water partition coefficient (Wildman–Crippen LogP) is 2.44. The smallest absolute Gasteiger partial charge is 0.266 e. The SMILES string of the molecule is COc1cc(C)sc1C(=O)Cl. The van der Waals surface area contributed by atoms with Gasteiger partial charge in [-0.3, -0.25) is 4.79 Å². The Bertz CT molecular complexity index is 280. The molecular formula is C7H7ClO2S. The standard InChI is InChI=1S/C7H7ClO2S/c1-4-3-5(10-2)6(11-4)7(8)9/h3H,1-2H3. The monoisotopic (exact) mass is 190 g/mol. The highest BCUT2D eigenvalue weighted by Gasteiger charge is 2.12.